The van der Waals surface area contributed by atoms with Crippen LogP contribution in [0.4, 0.5) is 0 Å². The zero-order valence-corrected chi connectivity index (χ0v) is 16.3. The minimum absolute atomic E-state index is 0.0799. The molecule has 1 amide bonds. The van der Waals surface area contributed by atoms with Crippen LogP contribution >= 0.6 is 11.8 Å². The summed E-state index contributed by atoms with van der Waals surface area (Å²) in [4.78, 5) is 23.7. The lowest BCUT2D eigenvalue weighted by Gasteiger charge is -2.09. The molecule has 0 heterocycles. The van der Waals surface area contributed by atoms with Gasteiger partial charge in [0.2, 0.25) is 5.91 Å². The molecule has 0 saturated carbocycles. The molecule has 0 aromatic heterocycles. The first-order valence-electron chi connectivity index (χ1n) is 9.32. The van der Waals surface area contributed by atoms with Crippen LogP contribution in [0.3, 0.4) is 0 Å². The van der Waals surface area contributed by atoms with Crippen LogP contribution in [0, 0.1) is 0 Å². The predicted molar refractivity (Wildman–Crippen MR) is 108 cm³/mol. The zero-order valence-electron chi connectivity index (χ0n) is 15.5. The van der Waals surface area contributed by atoms with E-state index in [4.69, 9.17) is 0 Å². The Morgan fingerprint density at radius 3 is 2.48 bits per heavy atom. The molecule has 25 heavy (non-hydrogen) atoms. The number of carbonyl (C=O) groups is 2. The van der Waals surface area contributed by atoms with Crippen molar-refractivity contribution in [2.24, 2.45) is 0 Å². The summed E-state index contributed by atoms with van der Waals surface area (Å²) in [6.45, 7) is 4.96. The molecule has 138 valence electrons. The van der Waals surface area contributed by atoms with Crippen molar-refractivity contribution < 1.29 is 9.59 Å². The Balaban J connectivity index is 2.12. The molecular weight excluding hydrogens is 330 g/mol. The molecule has 0 radical (unpaired) electrons. The van der Waals surface area contributed by atoms with Crippen LogP contribution in [0.5, 0.6) is 0 Å². The van der Waals surface area contributed by atoms with E-state index in [2.05, 4.69) is 12.2 Å². The van der Waals surface area contributed by atoms with Crippen LogP contribution < -0.4 is 5.32 Å². The number of benzene rings is 1. The van der Waals surface area contributed by atoms with Crippen LogP contribution in [0.15, 0.2) is 41.8 Å². The van der Waals surface area contributed by atoms with Gasteiger partial charge < -0.3 is 5.32 Å². The van der Waals surface area contributed by atoms with Gasteiger partial charge in [0.25, 0.3) is 0 Å². The lowest BCUT2D eigenvalue weighted by Crippen LogP contribution is -2.21. The minimum Gasteiger partial charge on any atom is -0.353 e. The van der Waals surface area contributed by atoms with Crippen molar-refractivity contribution in [1.82, 2.24) is 5.32 Å². The maximum absolute atomic E-state index is 12.0. The van der Waals surface area contributed by atoms with Gasteiger partial charge in [-0.1, -0.05) is 88.0 Å². The average Bonchev–Trinajstić information content (AvgIpc) is 2.61. The molecule has 1 aromatic carbocycles. The molecule has 1 aromatic rings. The Labute approximate surface area is 156 Å². The van der Waals surface area contributed by atoms with Gasteiger partial charge >= 0.3 is 0 Å². The smallest absolute Gasteiger partial charge is 0.244 e. The summed E-state index contributed by atoms with van der Waals surface area (Å²) in [6.07, 6.45) is 9.17. The van der Waals surface area contributed by atoms with Gasteiger partial charge in [-0.25, -0.2) is 0 Å². The van der Waals surface area contributed by atoms with Gasteiger partial charge in [0.05, 0.1) is 0 Å². The second-order valence-electron chi connectivity index (χ2n) is 6.37. The highest BCUT2D eigenvalue weighted by Crippen LogP contribution is 2.22. The van der Waals surface area contributed by atoms with Gasteiger partial charge in [0.1, 0.15) is 0 Å². The molecule has 1 rings (SSSR count). The fraction of sp³-hybridized carbons (Fsp3) is 0.524. The third-order valence-electron chi connectivity index (χ3n) is 4.09. The van der Waals surface area contributed by atoms with Crippen LogP contribution in [-0.4, -0.2) is 17.6 Å². The van der Waals surface area contributed by atoms with Crippen LogP contribution in [0.1, 0.15) is 70.3 Å². The summed E-state index contributed by atoms with van der Waals surface area (Å²) in [6, 6.07) is 10.0. The Bertz CT molecular complexity index is 528. The molecule has 1 N–H and O–H groups in total. The summed E-state index contributed by atoms with van der Waals surface area (Å²) in [7, 11) is 0. The molecular formula is C21H31NO2S. The van der Waals surface area contributed by atoms with E-state index >= 15 is 0 Å². The van der Waals surface area contributed by atoms with Gasteiger partial charge in [-0.2, -0.15) is 0 Å². The molecule has 1 unspecified atom stereocenters. The summed E-state index contributed by atoms with van der Waals surface area (Å²) in [5.41, 5.74) is 1.16. The highest BCUT2D eigenvalue weighted by molar-refractivity contribution is 8.16. The van der Waals surface area contributed by atoms with E-state index in [1.165, 1.54) is 31.8 Å². The van der Waals surface area contributed by atoms with Crippen molar-refractivity contribution in [1.29, 1.82) is 0 Å². The van der Waals surface area contributed by atoms with Gasteiger partial charge in [-0.05, 0) is 23.3 Å². The van der Waals surface area contributed by atoms with E-state index in [9.17, 15) is 9.59 Å². The largest absolute Gasteiger partial charge is 0.353 e. The Morgan fingerprint density at radius 1 is 1.08 bits per heavy atom. The monoisotopic (exact) mass is 361 g/mol. The molecule has 0 aliphatic heterocycles. The topological polar surface area (TPSA) is 46.2 Å². The average molecular weight is 362 g/mol. The Morgan fingerprint density at radius 2 is 1.76 bits per heavy atom. The number of amides is 1. The lowest BCUT2D eigenvalue weighted by molar-refractivity contribution is -0.116. The number of nitrogens with one attached hydrogen (secondary N) is 1. The number of unbranched alkanes of at least 4 members (excludes halogenated alkanes) is 5. The van der Waals surface area contributed by atoms with Crippen molar-refractivity contribution in [3.8, 4) is 0 Å². The maximum Gasteiger partial charge on any atom is 0.244 e. The first kappa shape index (κ1) is 21.5. The van der Waals surface area contributed by atoms with Gasteiger partial charge in [-0.15, -0.1) is 0 Å². The number of hydrogen-bond donors (Lipinski definition) is 1. The van der Waals surface area contributed by atoms with Gasteiger partial charge in [0.15, 0.2) is 5.12 Å². The lowest BCUT2D eigenvalue weighted by atomic mass is 9.99. The van der Waals surface area contributed by atoms with E-state index in [-0.39, 0.29) is 16.9 Å². The Kier molecular flexibility index (Phi) is 11.8. The summed E-state index contributed by atoms with van der Waals surface area (Å²) in [5.74, 6) is 0.0705. The first-order valence-corrected chi connectivity index (χ1v) is 10.2. The van der Waals surface area contributed by atoms with Crippen LogP contribution in [-0.2, 0) is 9.59 Å². The molecule has 0 spiro atoms. The predicted octanol–water partition coefficient (Wildman–Crippen LogP) is 5.43. The minimum atomic E-state index is -0.120. The molecule has 0 aliphatic rings. The van der Waals surface area contributed by atoms with Crippen molar-refractivity contribution in [2.75, 3.05) is 6.54 Å². The van der Waals surface area contributed by atoms with Crippen molar-refractivity contribution in [3.05, 3.63) is 47.4 Å². The summed E-state index contributed by atoms with van der Waals surface area (Å²) in [5, 5.41) is 4.54. The van der Waals surface area contributed by atoms with Crippen LogP contribution in [0.25, 0.3) is 0 Å². The van der Waals surface area contributed by atoms with E-state index in [0.717, 1.165) is 30.2 Å². The number of thioether (sulfide) groups is 1. The first-order chi connectivity index (χ1) is 12.1. The third kappa shape index (κ3) is 10.8. The number of carbonyl (C=O) groups excluding carboxylic acids is 2. The maximum atomic E-state index is 12.0. The second kappa shape index (κ2) is 13.7. The van der Waals surface area contributed by atoms with E-state index < -0.39 is 0 Å². The van der Waals surface area contributed by atoms with E-state index in [1.54, 1.807) is 5.41 Å². The molecule has 0 bridgehead atoms. The van der Waals surface area contributed by atoms with E-state index in [0.29, 0.717) is 13.0 Å². The van der Waals surface area contributed by atoms with Gasteiger partial charge in [0, 0.05) is 19.0 Å². The molecule has 0 saturated heterocycles. The molecule has 3 nitrogen and oxygen atoms in total. The van der Waals surface area contributed by atoms with Crippen molar-refractivity contribution in [2.45, 2.75) is 64.7 Å². The summed E-state index contributed by atoms with van der Waals surface area (Å²) < 4.78 is 0. The highest BCUT2D eigenvalue weighted by atomic mass is 32.2. The molecule has 0 aliphatic carbocycles. The van der Waals surface area contributed by atoms with Crippen LogP contribution in [0.2, 0.25) is 0 Å². The van der Waals surface area contributed by atoms with Crippen molar-refractivity contribution in [3.63, 3.8) is 0 Å². The number of hydrogen-bond acceptors (Lipinski definition) is 3. The van der Waals surface area contributed by atoms with Gasteiger partial charge in [-0.3, -0.25) is 9.59 Å². The Hall–Kier alpha value is -1.55. The SMILES string of the molecule is CCCCCCCCNC(=O)C=CSC(=O)CC(C)c1ccccc1. The molecule has 4 heteroatoms. The molecule has 1 atom stereocenters. The standard InChI is InChI=1S/C21H31NO2S/c1-3-4-5-6-7-11-15-22-20(23)14-16-25-21(24)17-18(2)19-12-9-8-10-13-19/h8-10,12-14,16,18H,3-7,11,15,17H2,1-2H3,(H,22,23). The fourth-order valence-corrected chi connectivity index (χ4v) is 3.23. The number of rotatable bonds is 12. The normalized spacial score (nSPS) is 12.2. The highest BCUT2D eigenvalue weighted by Gasteiger charge is 2.10. The fourth-order valence-electron chi connectivity index (χ4n) is 2.55. The summed E-state index contributed by atoms with van der Waals surface area (Å²) >= 11 is 1.10. The zero-order chi connectivity index (χ0) is 18.3. The quantitative estimate of drug-likeness (QED) is 0.399. The van der Waals surface area contributed by atoms with E-state index in [1.807, 2.05) is 37.3 Å². The second-order valence-corrected chi connectivity index (χ2v) is 7.33. The van der Waals surface area contributed by atoms with Crippen molar-refractivity contribution >= 4 is 22.8 Å². The third-order valence-corrected chi connectivity index (χ3v) is 4.79. The molecule has 0 fully saturated rings.